The van der Waals surface area contributed by atoms with Crippen molar-refractivity contribution in [3.8, 4) is 29.1 Å². The number of amides is 1. The Morgan fingerprint density at radius 3 is 2.69 bits per heavy atom. The Morgan fingerprint density at radius 2 is 2.00 bits per heavy atom. The minimum Gasteiger partial charge on any atom is -0.507 e. The highest BCUT2D eigenvalue weighted by Crippen LogP contribution is 2.57. The molecule has 4 aliphatic heterocycles. The summed E-state index contributed by atoms with van der Waals surface area (Å²) in [5.74, 6) is 1.98. The number of hydrogen-bond acceptors (Lipinski definition) is 9. The van der Waals surface area contributed by atoms with Crippen LogP contribution in [0, 0.1) is 32.1 Å². The summed E-state index contributed by atoms with van der Waals surface area (Å²) in [6, 6.07) is 2.66. The van der Waals surface area contributed by atoms with Crippen molar-refractivity contribution in [3.05, 3.63) is 57.7 Å². The quantitative estimate of drug-likeness (QED) is 0.446. The Bertz CT molecular complexity index is 1510. The number of aromatic hydroxyl groups is 1. The zero-order valence-electron chi connectivity index (χ0n) is 24.9. The first-order valence-corrected chi connectivity index (χ1v) is 14.5. The van der Waals surface area contributed by atoms with E-state index in [1.165, 1.54) is 0 Å². The fourth-order valence-corrected chi connectivity index (χ4v) is 7.59. The fourth-order valence-electron chi connectivity index (χ4n) is 7.59. The number of nitrogens with one attached hydrogen (secondary N) is 1. The van der Waals surface area contributed by atoms with E-state index < -0.39 is 18.1 Å². The molecule has 0 spiro atoms. The highest BCUT2D eigenvalue weighted by molar-refractivity contribution is 5.81. The number of likely N-dealkylation sites (N-methyl/N-ethyl adjacent to an activating group) is 1. The second-order valence-corrected chi connectivity index (χ2v) is 12.0. The van der Waals surface area contributed by atoms with Crippen molar-refractivity contribution in [2.24, 2.45) is 5.73 Å². The van der Waals surface area contributed by atoms with Crippen LogP contribution in [0.5, 0.6) is 23.0 Å². The van der Waals surface area contributed by atoms with Crippen molar-refractivity contribution in [2.75, 3.05) is 27.0 Å². The van der Waals surface area contributed by atoms with Gasteiger partial charge < -0.3 is 30.4 Å². The largest absolute Gasteiger partial charge is 0.507 e. The first kappa shape index (κ1) is 28.3. The molecule has 4 aliphatic rings. The number of piperazine rings is 1. The number of carbonyl (C=O) groups excluding carboxylic acids is 1. The molecule has 4 N–H and O–H groups in total. The number of rotatable bonds is 6. The van der Waals surface area contributed by atoms with E-state index in [-0.39, 0.29) is 37.4 Å². The molecule has 2 aromatic rings. The van der Waals surface area contributed by atoms with Gasteiger partial charge in [-0.3, -0.25) is 14.6 Å². The van der Waals surface area contributed by atoms with Crippen LogP contribution in [0.3, 0.4) is 0 Å². The molecule has 2 bridgehead atoms. The normalized spacial score (nSPS) is 26.4. The fraction of sp³-hybridized carbons (Fsp3) is 0.500. The Kier molecular flexibility index (Phi) is 7.08. The van der Waals surface area contributed by atoms with Gasteiger partial charge in [0.25, 0.3) is 0 Å². The topological polar surface area (TPSA) is 133 Å². The Morgan fingerprint density at radius 1 is 1.26 bits per heavy atom. The van der Waals surface area contributed by atoms with E-state index in [1.807, 2.05) is 20.8 Å². The molecule has 42 heavy (non-hydrogen) atoms. The lowest BCUT2D eigenvalue weighted by molar-refractivity contribution is -0.123. The molecular weight excluding hydrogens is 534 g/mol. The summed E-state index contributed by atoms with van der Waals surface area (Å²) in [6.45, 7) is 12.0. The second kappa shape index (κ2) is 10.5. The Hall–Kier alpha value is -3.78. The van der Waals surface area contributed by atoms with E-state index in [4.69, 9.17) is 19.9 Å². The van der Waals surface area contributed by atoms with Crippen LogP contribution in [0.4, 0.5) is 0 Å². The Labute approximate surface area is 246 Å². The first-order chi connectivity index (χ1) is 20.1. The summed E-state index contributed by atoms with van der Waals surface area (Å²) in [5, 5.41) is 25.3. The molecule has 0 saturated carbocycles. The van der Waals surface area contributed by atoms with E-state index in [1.54, 1.807) is 13.0 Å². The lowest BCUT2D eigenvalue weighted by Crippen LogP contribution is -2.68. The smallest absolute Gasteiger partial charge is 0.236 e. The van der Waals surface area contributed by atoms with Crippen molar-refractivity contribution in [2.45, 2.75) is 76.8 Å². The van der Waals surface area contributed by atoms with Crippen LogP contribution in [-0.4, -0.2) is 72.0 Å². The minimum absolute atomic E-state index is 0.0748. The predicted molar refractivity (Wildman–Crippen MR) is 157 cm³/mol. The van der Waals surface area contributed by atoms with Crippen LogP contribution in [0.15, 0.2) is 18.7 Å². The molecule has 2 aromatic carbocycles. The van der Waals surface area contributed by atoms with Gasteiger partial charge >= 0.3 is 0 Å². The second-order valence-electron chi connectivity index (χ2n) is 12.0. The average Bonchev–Trinajstić information content (AvgIpc) is 3.45. The van der Waals surface area contributed by atoms with E-state index in [0.29, 0.717) is 42.4 Å². The van der Waals surface area contributed by atoms with Crippen molar-refractivity contribution in [1.82, 2.24) is 15.1 Å². The molecule has 1 fully saturated rings. The predicted octanol–water partition coefficient (Wildman–Crippen LogP) is 2.85. The molecule has 10 heteroatoms. The lowest BCUT2D eigenvalue weighted by Gasteiger charge is -2.60. The number of carbonyl (C=O) groups is 1. The van der Waals surface area contributed by atoms with Gasteiger partial charge in [0.15, 0.2) is 11.5 Å². The number of aryl methyl sites for hydroxylation is 1. The van der Waals surface area contributed by atoms with E-state index >= 15 is 0 Å². The highest BCUT2D eigenvalue weighted by atomic mass is 16.7. The maximum absolute atomic E-state index is 12.8. The number of hydrogen-bond donors (Lipinski definition) is 3. The molecule has 0 aromatic heterocycles. The molecule has 4 heterocycles. The van der Waals surface area contributed by atoms with Gasteiger partial charge in [-0.15, -0.1) is 0 Å². The third-order valence-electron chi connectivity index (χ3n) is 9.66. The third-order valence-corrected chi connectivity index (χ3v) is 9.66. The van der Waals surface area contributed by atoms with Crippen LogP contribution in [0.2, 0.25) is 0 Å². The third kappa shape index (κ3) is 4.06. The zero-order chi connectivity index (χ0) is 30.0. The summed E-state index contributed by atoms with van der Waals surface area (Å²) in [7, 11) is 2.05. The van der Waals surface area contributed by atoms with Crippen LogP contribution in [-0.2, 0) is 17.6 Å². The number of fused-ring (bicyclic) bond motifs is 9. The van der Waals surface area contributed by atoms with Crippen LogP contribution in [0.1, 0.15) is 58.0 Å². The number of ether oxygens (including phenoxy) is 3. The number of phenolic OH excluding ortho intramolecular Hbond substituents is 1. The minimum atomic E-state index is -0.688. The molecule has 222 valence electrons. The number of benzene rings is 2. The van der Waals surface area contributed by atoms with Gasteiger partial charge in [0.1, 0.15) is 24.1 Å². The van der Waals surface area contributed by atoms with Crippen molar-refractivity contribution in [1.29, 1.82) is 5.26 Å². The molecule has 0 aliphatic carbocycles. The number of nitriles is 1. The van der Waals surface area contributed by atoms with Crippen molar-refractivity contribution in [3.63, 3.8) is 0 Å². The number of nitrogens with zero attached hydrogens (tertiary/aromatic N) is 3. The van der Waals surface area contributed by atoms with Gasteiger partial charge in [-0.1, -0.05) is 18.7 Å². The molecule has 6 rings (SSSR count). The van der Waals surface area contributed by atoms with Crippen LogP contribution < -0.4 is 25.3 Å². The SMILES string of the molecule is C=CCOc1c(C)c2c(c3c1CC1[C@H]4c5c(cc(C)c(C)c5O)C[C@H]([C@H](C#N)N1[C@H]3CNC(=O)[C@H](C)N)N4C)OCO2. The number of nitrogens with two attached hydrogens (primary N) is 1. The molecule has 1 unspecified atom stereocenters. The van der Waals surface area contributed by atoms with Gasteiger partial charge in [-0.2, -0.15) is 5.26 Å². The molecule has 6 atom stereocenters. The van der Waals surface area contributed by atoms with Gasteiger partial charge in [0.05, 0.1) is 24.2 Å². The van der Waals surface area contributed by atoms with Gasteiger partial charge in [0, 0.05) is 40.9 Å². The van der Waals surface area contributed by atoms with E-state index in [9.17, 15) is 15.2 Å². The van der Waals surface area contributed by atoms with Crippen LogP contribution >= 0.6 is 0 Å². The zero-order valence-corrected chi connectivity index (χ0v) is 24.9. The van der Waals surface area contributed by atoms with Crippen LogP contribution in [0.25, 0.3) is 0 Å². The maximum Gasteiger partial charge on any atom is 0.236 e. The summed E-state index contributed by atoms with van der Waals surface area (Å²) < 4.78 is 18.3. The van der Waals surface area contributed by atoms with Gasteiger partial charge in [-0.25, -0.2) is 0 Å². The van der Waals surface area contributed by atoms with Gasteiger partial charge in [0.2, 0.25) is 12.7 Å². The molecule has 10 nitrogen and oxygen atoms in total. The summed E-state index contributed by atoms with van der Waals surface area (Å²) >= 11 is 0. The van der Waals surface area contributed by atoms with E-state index in [2.05, 4.69) is 40.9 Å². The summed E-state index contributed by atoms with van der Waals surface area (Å²) in [4.78, 5) is 17.3. The molecular formula is C32H39N5O5. The van der Waals surface area contributed by atoms with Crippen molar-refractivity contribution < 1.29 is 24.1 Å². The molecule has 1 amide bonds. The van der Waals surface area contributed by atoms with Crippen molar-refractivity contribution >= 4 is 5.91 Å². The lowest BCUT2D eigenvalue weighted by atomic mass is 9.71. The van der Waals surface area contributed by atoms with Gasteiger partial charge in [-0.05, 0) is 64.3 Å². The molecule has 1 saturated heterocycles. The Balaban J connectivity index is 1.60. The first-order valence-electron chi connectivity index (χ1n) is 14.5. The summed E-state index contributed by atoms with van der Waals surface area (Å²) in [5.41, 5.74) is 12.5. The summed E-state index contributed by atoms with van der Waals surface area (Å²) in [6.07, 6.45) is 2.88. The highest BCUT2D eigenvalue weighted by Gasteiger charge is 2.56. The number of phenols is 1. The molecule has 0 radical (unpaired) electrons. The monoisotopic (exact) mass is 573 g/mol. The maximum atomic E-state index is 12.8. The standard InChI is InChI=1S/C32H39N5O5/c1-7-8-40-29-17(4)30-31(42-14-41-30)26-20(29)11-22-27-25-19(9-15(2)16(3)28(25)38)10-21(36(27)6)23(12-33)37(22)24(26)13-35-32(39)18(5)34/h7,9,18,21-24,27,38H,1,8,10-11,13-14,34H2,2-6H3,(H,35,39)/t18-,21+,22?,23-,24-,27-/m0/s1. The average molecular weight is 574 g/mol. The van der Waals surface area contributed by atoms with E-state index in [0.717, 1.165) is 38.9 Å².